The summed E-state index contributed by atoms with van der Waals surface area (Å²) < 4.78 is 7.51. The molecular formula is C25H24N4O3S2. The number of morpholine rings is 1. The summed E-state index contributed by atoms with van der Waals surface area (Å²) in [5.74, 6) is 0.367. The van der Waals surface area contributed by atoms with Gasteiger partial charge in [0.15, 0.2) is 0 Å². The fourth-order valence-corrected chi connectivity index (χ4v) is 5.62. The number of pyridine rings is 1. The number of aromatic nitrogens is 2. The quantitative estimate of drug-likeness (QED) is 0.405. The van der Waals surface area contributed by atoms with E-state index in [1.165, 1.54) is 11.8 Å². The summed E-state index contributed by atoms with van der Waals surface area (Å²) in [6.45, 7) is 6.26. The highest BCUT2D eigenvalue weighted by Crippen LogP contribution is 2.38. The molecule has 2 aliphatic rings. The summed E-state index contributed by atoms with van der Waals surface area (Å²) in [5, 5.41) is 0. The molecular weight excluding hydrogens is 468 g/mol. The number of benzene rings is 1. The lowest BCUT2D eigenvalue weighted by Crippen LogP contribution is -2.38. The summed E-state index contributed by atoms with van der Waals surface area (Å²) >= 11 is 6.80. The van der Waals surface area contributed by atoms with Crippen molar-refractivity contribution in [2.24, 2.45) is 0 Å². The number of fused-ring (bicyclic) bond motifs is 1. The van der Waals surface area contributed by atoms with Crippen LogP contribution in [0.1, 0.15) is 29.7 Å². The van der Waals surface area contributed by atoms with E-state index in [9.17, 15) is 9.59 Å². The molecule has 2 aliphatic heterocycles. The number of thiocarbonyl (C=S) groups is 1. The van der Waals surface area contributed by atoms with Gasteiger partial charge >= 0.3 is 0 Å². The van der Waals surface area contributed by atoms with E-state index in [1.807, 2.05) is 61.2 Å². The first-order valence-electron chi connectivity index (χ1n) is 11.1. The number of hydrogen-bond acceptors (Lipinski definition) is 7. The highest BCUT2D eigenvalue weighted by Gasteiger charge is 2.36. The molecule has 0 N–H and O–H groups in total. The Morgan fingerprint density at radius 1 is 1.12 bits per heavy atom. The van der Waals surface area contributed by atoms with Crippen LogP contribution in [0.2, 0.25) is 0 Å². The first kappa shape index (κ1) is 22.8. The largest absolute Gasteiger partial charge is 0.378 e. The molecule has 4 heterocycles. The van der Waals surface area contributed by atoms with Crippen LogP contribution in [0.25, 0.3) is 11.7 Å². The zero-order valence-corrected chi connectivity index (χ0v) is 20.6. The molecule has 7 nitrogen and oxygen atoms in total. The van der Waals surface area contributed by atoms with E-state index in [0.717, 1.165) is 11.1 Å². The molecule has 174 valence electrons. The molecule has 1 aromatic carbocycles. The van der Waals surface area contributed by atoms with Crippen molar-refractivity contribution in [3.05, 3.63) is 80.6 Å². The number of carbonyl (C=O) groups is 1. The molecule has 0 aliphatic carbocycles. The van der Waals surface area contributed by atoms with Crippen LogP contribution in [0.5, 0.6) is 0 Å². The topological polar surface area (TPSA) is 67.2 Å². The third-order valence-corrected chi connectivity index (χ3v) is 7.39. The Bertz CT molecular complexity index is 1360. The Morgan fingerprint density at radius 3 is 2.59 bits per heavy atom. The Balaban J connectivity index is 1.60. The third-order valence-electron chi connectivity index (χ3n) is 6.06. The van der Waals surface area contributed by atoms with Gasteiger partial charge in [-0.2, -0.15) is 0 Å². The van der Waals surface area contributed by atoms with Gasteiger partial charge < -0.3 is 9.64 Å². The number of aryl methyl sites for hydroxylation is 1. The summed E-state index contributed by atoms with van der Waals surface area (Å²) in [4.78, 5) is 35.9. The van der Waals surface area contributed by atoms with Gasteiger partial charge in [0.05, 0.1) is 29.7 Å². The smallest absolute Gasteiger partial charge is 0.267 e. The van der Waals surface area contributed by atoms with Crippen molar-refractivity contribution in [2.45, 2.75) is 19.9 Å². The van der Waals surface area contributed by atoms with Crippen LogP contribution in [-0.4, -0.2) is 50.8 Å². The van der Waals surface area contributed by atoms with Crippen molar-refractivity contribution < 1.29 is 9.53 Å². The van der Waals surface area contributed by atoms with Crippen LogP contribution in [0, 0.1) is 6.92 Å². The lowest BCUT2D eigenvalue weighted by molar-refractivity contribution is -0.123. The molecule has 0 radical (unpaired) electrons. The highest BCUT2D eigenvalue weighted by molar-refractivity contribution is 8.26. The van der Waals surface area contributed by atoms with Gasteiger partial charge in [-0.05, 0) is 37.1 Å². The minimum Gasteiger partial charge on any atom is -0.378 e. The monoisotopic (exact) mass is 492 g/mol. The zero-order chi connectivity index (χ0) is 23.8. The molecule has 5 rings (SSSR count). The van der Waals surface area contributed by atoms with Crippen LogP contribution >= 0.6 is 24.0 Å². The summed E-state index contributed by atoms with van der Waals surface area (Å²) in [6.07, 6.45) is 3.43. The molecule has 2 fully saturated rings. The van der Waals surface area contributed by atoms with Gasteiger partial charge in [-0.1, -0.05) is 60.4 Å². The Morgan fingerprint density at radius 2 is 1.85 bits per heavy atom. The van der Waals surface area contributed by atoms with Gasteiger partial charge in [0.1, 0.15) is 15.8 Å². The number of amides is 1. The Kier molecular flexibility index (Phi) is 6.24. The number of anilines is 1. The molecule has 34 heavy (non-hydrogen) atoms. The van der Waals surface area contributed by atoms with Crippen LogP contribution in [0.3, 0.4) is 0 Å². The molecule has 0 unspecified atom stereocenters. The Hall–Kier alpha value is -3.01. The van der Waals surface area contributed by atoms with Gasteiger partial charge in [-0.3, -0.25) is 18.9 Å². The second-order valence-electron chi connectivity index (χ2n) is 8.33. The molecule has 1 atom stereocenters. The Labute approximate surface area is 207 Å². The number of hydrogen-bond donors (Lipinski definition) is 0. The number of nitrogens with zero attached hydrogens (tertiary/aromatic N) is 4. The second-order valence-corrected chi connectivity index (χ2v) is 10.0. The maximum absolute atomic E-state index is 13.6. The normalized spacial score (nSPS) is 18.8. The third kappa shape index (κ3) is 4.15. The van der Waals surface area contributed by atoms with Gasteiger partial charge in [0, 0.05) is 19.3 Å². The average Bonchev–Trinajstić information content (AvgIpc) is 3.14. The maximum Gasteiger partial charge on any atom is 0.267 e. The second kappa shape index (κ2) is 9.32. The SMILES string of the molecule is Cc1ccc2nc(N3CCOCC3)c(/C=C3/SC(=S)N([C@@H](C)c4ccccc4)C3=O)c(=O)n2c1. The molecule has 2 aromatic heterocycles. The number of ether oxygens (including phenoxy) is 1. The van der Waals surface area contributed by atoms with E-state index in [1.54, 1.807) is 21.6 Å². The molecule has 2 saturated heterocycles. The number of carbonyl (C=O) groups excluding carboxylic acids is 1. The molecule has 0 spiro atoms. The van der Waals surface area contributed by atoms with E-state index in [2.05, 4.69) is 0 Å². The van der Waals surface area contributed by atoms with Crippen molar-refractivity contribution in [1.29, 1.82) is 0 Å². The van der Waals surface area contributed by atoms with E-state index in [-0.39, 0.29) is 17.5 Å². The van der Waals surface area contributed by atoms with Gasteiger partial charge in [0.2, 0.25) is 0 Å². The number of rotatable bonds is 4. The zero-order valence-electron chi connectivity index (χ0n) is 18.9. The maximum atomic E-state index is 13.6. The van der Waals surface area contributed by atoms with Crippen molar-refractivity contribution in [3.63, 3.8) is 0 Å². The van der Waals surface area contributed by atoms with Gasteiger partial charge in [0.25, 0.3) is 11.5 Å². The van der Waals surface area contributed by atoms with E-state index < -0.39 is 0 Å². The number of thioether (sulfide) groups is 1. The standard InChI is InChI=1S/C25H24N4O3S2/c1-16-8-9-21-26-22(27-10-12-32-13-11-27)19(23(30)28(21)15-16)14-20-24(31)29(25(33)34-20)17(2)18-6-4-3-5-7-18/h3-9,14-15,17H,10-13H2,1-2H3/b20-14+/t17-/m0/s1. The lowest BCUT2D eigenvalue weighted by Gasteiger charge is -2.29. The van der Waals surface area contributed by atoms with E-state index >= 15 is 0 Å². The highest BCUT2D eigenvalue weighted by atomic mass is 32.2. The van der Waals surface area contributed by atoms with Crippen LogP contribution < -0.4 is 10.5 Å². The molecule has 9 heteroatoms. The van der Waals surface area contributed by atoms with E-state index in [0.29, 0.717) is 52.6 Å². The minimum atomic E-state index is -0.212. The molecule has 1 amide bonds. The predicted molar refractivity (Wildman–Crippen MR) is 139 cm³/mol. The van der Waals surface area contributed by atoms with Gasteiger partial charge in [-0.15, -0.1) is 0 Å². The van der Waals surface area contributed by atoms with Crippen molar-refractivity contribution in [2.75, 3.05) is 31.2 Å². The fraction of sp³-hybridized carbons (Fsp3) is 0.280. The van der Waals surface area contributed by atoms with Crippen molar-refractivity contribution in [1.82, 2.24) is 14.3 Å². The van der Waals surface area contributed by atoms with Crippen LogP contribution in [-0.2, 0) is 9.53 Å². The van der Waals surface area contributed by atoms with Crippen LogP contribution in [0.4, 0.5) is 5.82 Å². The van der Waals surface area contributed by atoms with Crippen molar-refractivity contribution in [3.8, 4) is 0 Å². The summed E-state index contributed by atoms with van der Waals surface area (Å²) in [6, 6.07) is 13.3. The predicted octanol–water partition coefficient (Wildman–Crippen LogP) is 3.80. The first-order valence-corrected chi connectivity index (χ1v) is 12.3. The average molecular weight is 493 g/mol. The van der Waals surface area contributed by atoms with Crippen molar-refractivity contribution >= 4 is 51.7 Å². The van der Waals surface area contributed by atoms with E-state index in [4.69, 9.17) is 21.9 Å². The molecule has 0 bridgehead atoms. The summed E-state index contributed by atoms with van der Waals surface area (Å²) in [5.41, 5.74) is 2.69. The minimum absolute atomic E-state index is 0.201. The molecule has 3 aromatic rings. The van der Waals surface area contributed by atoms with Gasteiger partial charge in [-0.25, -0.2) is 4.98 Å². The van der Waals surface area contributed by atoms with Crippen LogP contribution in [0.15, 0.2) is 58.4 Å². The summed E-state index contributed by atoms with van der Waals surface area (Å²) in [7, 11) is 0. The molecule has 0 saturated carbocycles. The fourth-order valence-electron chi connectivity index (χ4n) is 4.21. The lowest BCUT2D eigenvalue weighted by atomic mass is 10.1. The first-order chi connectivity index (χ1) is 16.4.